The molecule has 0 aromatic carbocycles. The molecule has 0 spiro atoms. The van der Waals surface area contributed by atoms with Crippen LogP contribution in [0.3, 0.4) is 0 Å². The van der Waals surface area contributed by atoms with Crippen LogP contribution < -0.4 is 5.32 Å². The number of hydrogen-bond donors (Lipinski definition) is 1. The minimum absolute atomic E-state index is 0.128. The summed E-state index contributed by atoms with van der Waals surface area (Å²) in [5, 5.41) is 3.59. The lowest BCUT2D eigenvalue weighted by Crippen LogP contribution is -2.44. The van der Waals surface area contributed by atoms with Crippen LogP contribution in [0.2, 0.25) is 0 Å². The first kappa shape index (κ1) is 22.9. The van der Waals surface area contributed by atoms with E-state index in [4.69, 9.17) is 15.0 Å². The van der Waals surface area contributed by atoms with E-state index in [2.05, 4.69) is 25.2 Å². The second kappa shape index (κ2) is 10.5. The molecular weight excluding hydrogens is 386 g/mol. The number of allylic oxidation sites excluding steroid dienone is 1. The maximum Gasteiger partial charge on any atom is 0.219 e. The smallest absolute Gasteiger partial charge is 0.219 e. The number of rotatable bonds is 7. The maximum absolute atomic E-state index is 11.8. The van der Waals surface area contributed by atoms with Crippen molar-refractivity contribution >= 4 is 17.8 Å². The van der Waals surface area contributed by atoms with Crippen LogP contribution in [0, 0.1) is 6.92 Å². The van der Waals surface area contributed by atoms with E-state index in [0.29, 0.717) is 12.5 Å². The second-order valence-corrected chi connectivity index (χ2v) is 8.34. The Hall–Kier alpha value is -2.76. The fourth-order valence-electron chi connectivity index (χ4n) is 4.26. The Kier molecular flexibility index (Phi) is 7.77. The zero-order valence-electron chi connectivity index (χ0n) is 19.5. The molecule has 0 saturated carbocycles. The summed E-state index contributed by atoms with van der Waals surface area (Å²) in [6.07, 6.45) is 10.0. The third-order valence-corrected chi connectivity index (χ3v) is 6.04. The van der Waals surface area contributed by atoms with Crippen molar-refractivity contribution < 1.29 is 4.79 Å². The van der Waals surface area contributed by atoms with Gasteiger partial charge >= 0.3 is 0 Å². The highest BCUT2D eigenvalue weighted by Gasteiger charge is 2.23. The molecule has 6 heteroatoms. The predicted molar refractivity (Wildman–Crippen MR) is 127 cm³/mol. The van der Waals surface area contributed by atoms with Crippen LogP contribution in [0.5, 0.6) is 0 Å². The number of pyridine rings is 1. The van der Waals surface area contributed by atoms with Gasteiger partial charge in [-0.2, -0.15) is 0 Å². The van der Waals surface area contributed by atoms with Gasteiger partial charge in [-0.25, -0.2) is 9.97 Å². The Morgan fingerprint density at radius 3 is 2.74 bits per heavy atom. The Morgan fingerprint density at radius 2 is 2.06 bits per heavy atom. The van der Waals surface area contributed by atoms with Gasteiger partial charge in [0.05, 0.1) is 23.3 Å². The molecule has 0 aliphatic carbocycles. The van der Waals surface area contributed by atoms with Crippen molar-refractivity contribution in [3.63, 3.8) is 0 Å². The molecule has 0 bridgehead atoms. The number of aryl methyl sites for hydroxylation is 1. The first-order valence-electron chi connectivity index (χ1n) is 11.5. The van der Waals surface area contributed by atoms with Gasteiger partial charge in [0.25, 0.3) is 0 Å². The number of carbonyl (C=O) groups excluding carboxylic acids is 1. The van der Waals surface area contributed by atoms with Gasteiger partial charge in [0.15, 0.2) is 0 Å². The molecule has 2 aromatic heterocycles. The van der Waals surface area contributed by atoms with Gasteiger partial charge in [0.2, 0.25) is 5.91 Å². The third-order valence-electron chi connectivity index (χ3n) is 6.04. The van der Waals surface area contributed by atoms with Crippen LogP contribution in [0.25, 0.3) is 17.3 Å². The molecule has 3 rings (SSSR count). The summed E-state index contributed by atoms with van der Waals surface area (Å²) in [5.74, 6) is 1.34. The summed E-state index contributed by atoms with van der Waals surface area (Å²) in [5.41, 5.74) is 4.70. The van der Waals surface area contributed by atoms with Gasteiger partial charge in [-0.3, -0.25) is 9.78 Å². The monoisotopic (exact) mass is 421 g/mol. The molecule has 1 amide bonds. The van der Waals surface area contributed by atoms with E-state index >= 15 is 0 Å². The summed E-state index contributed by atoms with van der Waals surface area (Å²) in [4.78, 5) is 28.3. The molecular formula is C25H35N5O. The van der Waals surface area contributed by atoms with Crippen molar-refractivity contribution in [2.75, 3.05) is 18.4 Å². The number of nitrogens with zero attached hydrogens (tertiary/aromatic N) is 4. The first-order valence-corrected chi connectivity index (χ1v) is 11.5. The lowest BCUT2D eigenvalue weighted by Gasteiger charge is -2.33. The summed E-state index contributed by atoms with van der Waals surface area (Å²) >= 11 is 0. The van der Waals surface area contributed by atoms with Crippen molar-refractivity contribution in [1.82, 2.24) is 19.9 Å². The normalized spacial score (nSPS) is 16.8. The van der Waals surface area contributed by atoms with E-state index in [-0.39, 0.29) is 11.9 Å². The zero-order valence-corrected chi connectivity index (χ0v) is 19.5. The first-order chi connectivity index (χ1) is 15.0. The number of nitrogens with one attached hydrogen (secondary N) is 1. The Balaban J connectivity index is 1.96. The van der Waals surface area contributed by atoms with E-state index in [1.165, 1.54) is 0 Å². The molecule has 1 saturated heterocycles. The van der Waals surface area contributed by atoms with Gasteiger partial charge in [0, 0.05) is 43.2 Å². The van der Waals surface area contributed by atoms with Gasteiger partial charge in [-0.05, 0) is 57.7 Å². The van der Waals surface area contributed by atoms with Crippen LogP contribution in [-0.4, -0.2) is 44.9 Å². The number of aromatic nitrogens is 3. The van der Waals surface area contributed by atoms with E-state index in [1.54, 1.807) is 6.92 Å². The van der Waals surface area contributed by atoms with Crippen LogP contribution >= 0.6 is 0 Å². The van der Waals surface area contributed by atoms with Gasteiger partial charge in [-0.1, -0.05) is 19.9 Å². The van der Waals surface area contributed by atoms with Crippen molar-refractivity contribution in [1.29, 1.82) is 0 Å². The molecule has 1 atom stereocenters. The fraction of sp³-hybridized carbons (Fsp3) is 0.520. The molecule has 1 N–H and O–H groups in total. The largest absolute Gasteiger partial charge is 0.365 e. The molecule has 1 aliphatic rings. The Labute approximate surface area is 186 Å². The average Bonchev–Trinajstić information content (AvgIpc) is 2.76. The van der Waals surface area contributed by atoms with Crippen LogP contribution in [0.4, 0.5) is 5.82 Å². The molecule has 6 nitrogen and oxygen atoms in total. The highest BCUT2D eigenvalue weighted by molar-refractivity contribution is 5.75. The highest BCUT2D eigenvalue weighted by Crippen LogP contribution is 2.30. The van der Waals surface area contributed by atoms with Crippen molar-refractivity contribution in [2.24, 2.45) is 0 Å². The standard InChI is InChI=1S/C25H35N5O/c1-6-10-22-24(19(7-2)8-3)26-15-23(29-22)21-13-12-17(4)27-25(21)28-20-11-9-14-30(16-20)18(5)31/h6,10,12-13,15,19-20H,7-9,11,14,16H2,1-5H3,(H,27,28)/b10-6-. The molecule has 31 heavy (non-hydrogen) atoms. The second-order valence-electron chi connectivity index (χ2n) is 8.34. The fourth-order valence-corrected chi connectivity index (χ4v) is 4.26. The number of piperidine rings is 1. The zero-order chi connectivity index (χ0) is 22.4. The van der Waals surface area contributed by atoms with Crippen molar-refractivity contribution in [3.05, 3.63) is 41.5 Å². The summed E-state index contributed by atoms with van der Waals surface area (Å²) < 4.78 is 0. The van der Waals surface area contributed by atoms with E-state index in [9.17, 15) is 4.79 Å². The third kappa shape index (κ3) is 5.49. The molecule has 1 aliphatic heterocycles. The molecule has 166 valence electrons. The molecule has 0 radical (unpaired) electrons. The van der Waals surface area contributed by atoms with Gasteiger partial charge in [0.1, 0.15) is 5.82 Å². The Morgan fingerprint density at radius 1 is 1.29 bits per heavy atom. The lowest BCUT2D eigenvalue weighted by molar-refractivity contribution is -0.129. The van der Waals surface area contributed by atoms with Gasteiger partial charge in [-0.15, -0.1) is 0 Å². The predicted octanol–water partition coefficient (Wildman–Crippen LogP) is 5.21. The van der Waals surface area contributed by atoms with Crippen LogP contribution in [0.15, 0.2) is 24.4 Å². The quantitative estimate of drug-likeness (QED) is 0.665. The molecule has 1 fully saturated rings. The minimum atomic E-state index is 0.128. The highest BCUT2D eigenvalue weighted by atomic mass is 16.2. The SMILES string of the molecule is C/C=C\c1nc(-c2ccc(C)nc2NC2CCCN(C(C)=O)C2)cnc1C(CC)CC. The van der Waals surface area contributed by atoms with E-state index in [0.717, 1.165) is 66.4 Å². The van der Waals surface area contributed by atoms with Crippen molar-refractivity contribution in [2.45, 2.75) is 72.3 Å². The van der Waals surface area contributed by atoms with E-state index < -0.39 is 0 Å². The molecule has 2 aromatic rings. The number of likely N-dealkylation sites (tertiary alicyclic amines) is 1. The summed E-state index contributed by atoms with van der Waals surface area (Å²) in [7, 11) is 0. The molecule has 1 unspecified atom stereocenters. The Bertz CT molecular complexity index is 936. The average molecular weight is 422 g/mol. The summed E-state index contributed by atoms with van der Waals surface area (Å²) in [6, 6.07) is 4.25. The maximum atomic E-state index is 11.8. The summed E-state index contributed by atoms with van der Waals surface area (Å²) in [6.45, 7) is 11.6. The minimum Gasteiger partial charge on any atom is -0.365 e. The van der Waals surface area contributed by atoms with Crippen molar-refractivity contribution in [3.8, 4) is 11.3 Å². The van der Waals surface area contributed by atoms with E-state index in [1.807, 2.05) is 43.2 Å². The number of amides is 1. The van der Waals surface area contributed by atoms with Gasteiger partial charge < -0.3 is 10.2 Å². The van der Waals surface area contributed by atoms with Crippen LogP contribution in [-0.2, 0) is 4.79 Å². The van der Waals surface area contributed by atoms with Crippen LogP contribution in [0.1, 0.15) is 76.4 Å². The molecule has 3 heterocycles. The number of carbonyl (C=O) groups is 1. The lowest BCUT2D eigenvalue weighted by atomic mass is 9.96. The number of anilines is 1. The number of hydrogen-bond acceptors (Lipinski definition) is 5. The topological polar surface area (TPSA) is 71.0 Å².